The third-order valence-corrected chi connectivity index (χ3v) is 4.06. The van der Waals surface area contributed by atoms with E-state index < -0.39 is 0 Å². The van der Waals surface area contributed by atoms with Crippen molar-refractivity contribution in [1.29, 1.82) is 0 Å². The SMILES string of the molecule is Cc1ccc(OCCNC(=O)c2ccc(-n3nc(C)cc3C)cc2)cc1. The van der Waals surface area contributed by atoms with Crippen molar-refractivity contribution >= 4 is 5.91 Å². The number of carbonyl (C=O) groups excluding carboxylic acids is 1. The highest BCUT2D eigenvalue weighted by Gasteiger charge is 2.07. The predicted molar refractivity (Wildman–Crippen MR) is 102 cm³/mol. The molecular formula is C21H23N3O2. The lowest BCUT2D eigenvalue weighted by Gasteiger charge is -2.09. The summed E-state index contributed by atoms with van der Waals surface area (Å²) < 4.78 is 7.48. The number of amides is 1. The third-order valence-electron chi connectivity index (χ3n) is 4.06. The first kappa shape index (κ1) is 17.7. The number of aromatic nitrogens is 2. The number of nitrogens with one attached hydrogen (secondary N) is 1. The fraction of sp³-hybridized carbons (Fsp3) is 0.238. The smallest absolute Gasteiger partial charge is 0.251 e. The molecule has 0 aliphatic carbocycles. The standard InChI is InChI=1S/C21H23N3O2/c1-15-4-10-20(11-5-15)26-13-12-22-21(25)18-6-8-19(9-7-18)24-17(3)14-16(2)23-24/h4-11,14H,12-13H2,1-3H3,(H,22,25). The Hall–Kier alpha value is -3.08. The maximum Gasteiger partial charge on any atom is 0.251 e. The molecule has 1 heterocycles. The molecule has 1 aromatic heterocycles. The van der Waals surface area contributed by atoms with Crippen LogP contribution in [0.2, 0.25) is 0 Å². The molecule has 0 bridgehead atoms. The highest BCUT2D eigenvalue weighted by atomic mass is 16.5. The van der Waals surface area contributed by atoms with Gasteiger partial charge in [-0.15, -0.1) is 0 Å². The minimum absolute atomic E-state index is 0.113. The molecule has 5 nitrogen and oxygen atoms in total. The van der Waals surface area contributed by atoms with Gasteiger partial charge >= 0.3 is 0 Å². The normalized spacial score (nSPS) is 10.6. The molecule has 2 aromatic carbocycles. The molecule has 0 fully saturated rings. The molecule has 0 spiro atoms. The van der Waals surface area contributed by atoms with Gasteiger partial charge in [0.2, 0.25) is 0 Å². The molecule has 1 N–H and O–H groups in total. The zero-order chi connectivity index (χ0) is 18.5. The molecule has 134 valence electrons. The summed E-state index contributed by atoms with van der Waals surface area (Å²) in [5.41, 5.74) is 4.78. The zero-order valence-corrected chi connectivity index (χ0v) is 15.3. The first-order valence-electron chi connectivity index (χ1n) is 8.64. The molecule has 0 saturated carbocycles. The van der Waals surface area contributed by atoms with Crippen LogP contribution in [0.4, 0.5) is 0 Å². The molecule has 0 aliphatic rings. The van der Waals surface area contributed by atoms with Crippen LogP contribution in [-0.4, -0.2) is 28.8 Å². The zero-order valence-electron chi connectivity index (χ0n) is 15.3. The summed E-state index contributed by atoms with van der Waals surface area (Å²) in [6, 6.07) is 17.3. The van der Waals surface area contributed by atoms with Crippen molar-refractivity contribution in [1.82, 2.24) is 15.1 Å². The molecule has 3 rings (SSSR count). The average Bonchev–Trinajstić information content (AvgIpc) is 2.98. The molecule has 5 heteroatoms. The number of nitrogens with zero attached hydrogens (tertiary/aromatic N) is 2. The van der Waals surface area contributed by atoms with E-state index in [4.69, 9.17) is 4.74 Å². The van der Waals surface area contributed by atoms with E-state index in [9.17, 15) is 4.79 Å². The van der Waals surface area contributed by atoms with Crippen molar-refractivity contribution in [3.05, 3.63) is 77.1 Å². The van der Waals surface area contributed by atoms with Crippen molar-refractivity contribution in [2.45, 2.75) is 20.8 Å². The number of aryl methyl sites for hydroxylation is 3. The van der Waals surface area contributed by atoms with Crippen LogP contribution in [-0.2, 0) is 0 Å². The van der Waals surface area contributed by atoms with Gasteiger partial charge in [0.25, 0.3) is 5.91 Å². The van der Waals surface area contributed by atoms with Gasteiger partial charge in [-0.3, -0.25) is 4.79 Å². The predicted octanol–water partition coefficient (Wildman–Crippen LogP) is 3.61. The highest BCUT2D eigenvalue weighted by Crippen LogP contribution is 2.13. The van der Waals surface area contributed by atoms with Crippen molar-refractivity contribution in [3.63, 3.8) is 0 Å². The number of carbonyl (C=O) groups is 1. The highest BCUT2D eigenvalue weighted by molar-refractivity contribution is 5.94. The fourth-order valence-corrected chi connectivity index (χ4v) is 2.71. The van der Waals surface area contributed by atoms with Crippen LogP contribution < -0.4 is 10.1 Å². The van der Waals surface area contributed by atoms with Crippen molar-refractivity contribution < 1.29 is 9.53 Å². The Morgan fingerprint density at radius 1 is 1.04 bits per heavy atom. The number of hydrogen-bond acceptors (Lipinski definition) is 3. The van der Waals surface area contributed by atoms with E-state index >= 15 is 0 Å². The van der Waals surface area contributed by atoms with E-state index in [1.165, 1.54) is 5.56 Å². The molecule has 26 heavy (non-hydrogen) atoms. The van der Waals surface area contributed by atoms with Crippen LogP contribution in [0.25, 0.3) is 5.69 Å². The van der Waals surface area contributed by atoms with Crippen molar-refractivity contribution in [2.24, 2.45) is 0 Å². The summed E-state index contributed by atoms with van der Waals surface area (Å²) in [6.45, 7) is 6.88. The Kier molecular flexibility index (Phi) is 5.37. The summed E-state index contributed by atoms with van der Waals surface area (Å²) in [4.78, 5) is 12.2. The summed E-state index contributed by atoms with van der Waals surface area (Å²) >= 11 is 0. The number of ether oxygens (including phenoxy) is 1. The van der Waals surface area contributed by atoms with Gasteiger partial charge in [0.1, 0.15) is 12.4 Å². The second-order valence-corrected chi connectivity index (χ2v) is 6.30. The summed E-state index contributed by atoms with van der Waals surface area (Å²) in [5, 5.41) is 7.32. The van der Waals surface area contributed by atoms with Crippen LogP contribution >= 0.6 is 0 Å². The molecular weight excluding hydrogens is 326 g/mol. The lowest BCUT2D eigenvalue weighted by atomic mass is 10.2. The second-order valence-electron chi connectivity index (χ2n) is 6.30. The minimum atomic E-state index is -0.113. The molecule has 0 unspecified atom stereocenters. The molecule has 0 aliphatic heterocycles. The lowest BCUT2D eigenvalue weighted by molar-refractivity contribution is 0.0947. The van der Waals surface area contributed by atoms with Crippen LogP contribution in [0, 0.1) is 20.8 Å². The van der Waals surface area contributed by atoms with Gasteiger partial charge in [-0.1, -0.05) is 17.7 Å². The van der Waals surface area contributed by atoms with Gasteiger partial charge in [0.05, 0.1) is 17.9 Å². The Labute approximate surface area is 153 Å². The Balaban J connectivity index is 1.51. The van der Waals surface area contributed by atoms with Gasteiger partial charge in [0, 0.05) is 11.3 Å². The van der Waals surface area contributed by atoms with E-state index in [1.807, 2.05) is 80.1 Å². The van der Waals surface area contributed by atoms with Gasteiger partial charge in [-0.05, 0) is 63.2 Å². The molecule has 1 amide bonds. The lowest BCUT2D eigenvalue weighted by Crippen LogP contribution is -2.28. The monoisotopic (exact) mass is 349 g/mol. The summed E-state index contributed by atoms with van der Waals surface area (Å²) in [5.74, 6) is 0.691. The Bertz CT molecular complexity index is 881. The van der Waals surface area contributed by atoms with E-state index in [0.717, 1.165) is 22.8 Å². The van der Waals surface area contributed by atoms with Gasteiger partial charge in [-0.25, -0.2) is 4.68 Å². The Morgan fingerprint density at radius 2 is 1.73 bits per heavy atom. The second kappa shape index (κ2) is 7.87. The summed E-state index contributed by atoms with van der Waals surface area (Å²) in [6.07, 6.45) is 0. The van der Waals surface area contributed by atoms with Gasteiger partial charge in [-0.2, -0.15) is 5.10 Å². The first-order chi connectivity index (χ1) is 12.5. The topological polar surface area (TPSA) is 56.1 Å². The summed E-state index contributed by atoms with van der Waals surface area (Å²) in [7, 11) is 0. The van der Waals surface area contributed by atoms with Crippen molar-refractivity contribution in [3.8, 4) is 11.4 Å². The third kappa shape index (κ3) is 4.30. The fourth-order valence-electron chi connectivity index (χ4n) is 2.71. The maximum absolute atomic E-state index is 12.2. The van der Waals surface area contributed by atoms with Crippen LogP contribution in [0.3, 0.4) is 0 Å². The first-order valence-corrected chi connectivity index (χ1v) is 8.64. The number of hydrogen-bond donors (Lipinski definition) is 1. The molecule has 3 aromatic rings. The van der Waals surface area contributed by atoms with E-state index in [-0.39, 0.29) is 5.91 Å². The van der Waals surface area contributed by atoms with Gasteiger partial charge < -0.3 is 10.1 Å². The van der Waals surface area contributed by atoms with E-state index in [1.54, 1.807) is 0 Å². The average molecular weight is 349 g/mol. The molecule has 0 atom stereocenters. The molecule has 0 saturated heterocycles. The van der Waals surface area contributed by atoms with Crippen molar-refractivity contribution in [2.75, 3.05) is 13.2 Å². The largest absolute Gasteiger partial charge is 0.492 e. The minimum Gasteiger partial charge on any atom is -0.492 e. The maximum atomic E-state index is 12.2. The van der Waals surface area contributed by atoms with E-state index in [0.29, 0.717) is 18.7 Å². The number of rotatable bonds is 6. The van der Waals surface area contributed by atoms with Crippen LogP contribution in [0.15, 0.2) is 54.6 Å². The number of benzene rings is 2. The van der Waals surface area contributed by atoms with Crippen LogP contribution in [0.1, 0.15) is 27.3 Å². The van der Waals surface area contributed by atoms with Crippen LogP contribution in [0.5, 0.6) is 5.75 Å². The van der Waals surface area contributed by atoms with E-state index in [2.05, 4.69) is 10.4 Å². The molecule has 0 radical (unpaired) electrons. The van der Waals surface area contributed by atoms with Gasteiger partial charge in [0.15, 0.2) is 0 Å². The quantitative estimate of drug-likeness (QED) is 0.692. The Morgan fingerprint density at radius 3 is 2.35 bits per heavy atom.